The largest absolute Gasteiger partial charge is 0.391 e. The van der Waals surface area contributed by atoms with Crippen LogP contribution in [0.2, 0.25) is 0 Å². The van der Waals surface area contributed by atoms with Crippen molar-refractivity contribution in [3.8, 4) is 0 Å². The molecule has 0 aliphatic rings. The standard InChI is InChI=1S/C16H18N4O3S/c1-7-5-11(13-8(2)20-23-16(13)17-7)15(22)19-14(9(3)21)12-6-24-10(4)18-12/h5-6,9,14,21H,1-4H3,(H,19,22). The van der Waals surface area contributed by atoms with E-state index in [0.29, 0.717) is 33.7 Å². The molecule has 0 fully saturated rings. The van der Waals surface area contributed by atoms with E-state index in [9.17, 15) is 9.90 Å². The Labute approximate surface area is 142 Å². The van der Waals surface area contributed by atoms with Crippen LogP contribution in [0.1, 0.15) is 45.4 Å². The maximum Gasteiger partial charge on any atom is 0.258 e. The molecule has 2 atom stereocenters. The highest BCUT2D eigenvalue weighted by Crippen LogP contribution is 2.24. The lowest BCUT2D eigenvalue weighted by molar-refractivity contribution is 0.0856. The van der Waals surface area contributed by atoms with E-state index in [1.54, 1.807) is 26.8 Å². The molecule has 3 heterocycles. The highest BCUT2D eigenvalue weighted by atomic mass is 32.1. The summed E-state index contributed by atoms with van der Waals surface area (Å²) in [6.45, 7) is 7.04. The highest BCUT2D eigenvalue weighted by molar-refractivity contribution is 7.09. The van der Waals surface area contributed by atoms with E-state index in [4.69, 9.17) is 4.52 Å². The Kier molecular flexibility index (Phi) is 4.33. The Morgan fingerprint density at radius 2 is 2.08 bits per heavy atom. The van der Waals surface area contributed by atoms with Crippen molar-refractivity contribution in [2.75, 3.05) is 0 Å². The number of carbonyl (C=O) groups is 1. The summed E-state index contributed by atoms with van der Waals surface area (Å²) in [6.07, 6.45) is -0.780. The first kappa shape index (κ1) is 16.5. The number of nitrogens with zero attached hydrogens (tertiary/aromatic N) is 3. The first-order chi connectivity index (χ1) is 11.4. The summed E-state index contributed by atoms with van der Waals surface area (Å²) < 4.78 is 5.16. The number of nitrogens with one attached hydrogen (secondary N) is 1. The van der Waals surface area contributed by atoms with Crippen LogP contribution in [0.15, 0.2) is 16.0 Å². The lowest BCUT2D eigenvalue weighted by atomic mass is 10.1. The number of hydrogen-bond donors (Lipinski definition) is 2. The zero-order valence-corrected chi connectivity index (χ0v) is 14.6. The molecule has 0 aromatic carbocycles. The van der Waals surface area contributed by atoms with Crippen molar-refractivity contribution >= 4 is 28.3 Å². The van der Waals surface area contributed by atoms with Gasteiger partial charge in [-0.25, -0.2) is 9.97 Å². The van der Waals surface area contributed by atoms with E-state index in [-0.39, 0.29) is 5.91 Å². The fourth-order valence-electron chi connectivity index (χ4n) is 2.58. The average Bonchev–Trinajstić information content (AvgIpc) is 3.10. The van der Waals surface area contributed by atoms with Crippen molar-refractivity contribution in [2.24, 2.45) is 0 Å². The number of aliphatic hydroxyl groups is 1. The van der Waals surface area contributed by atoms with E-state index < -0.39 is 12.1 Å². The number of fused-ring (bicyclic) bond motifs is 1. The summed E-state index contributed by atoms with van der Waals surface area (Å²) in [4.78, 5) is 21.4. The molecule has 126 valence electrons. The predicted molar refractivity (Wildman–Crippen MR) is 90.0 cm³/mol. The van der Waals surface area contributed by atoms with Gasteiger partial charge in [-0.05, 0) is 33.8 Å². The van der Waals surface area contributed by atoms with Crippen molar-refractivity contribution in [1.82, 2.24) is 20.4 Å². The van der Waals surface area contributed by atoms with Gasteiger partial charge in [-0.3, -0.25) is 4.79 Å². The molecule has 0 aliphatic heterocycles. The maximum atomic E-state index is 12.8. The Morgan fingerprint density at radius 1 is 1.33 bits per heavy atom. The highest BCUT2D eigenvalue weighted by Gasteiger charge is 2.25. The molecule has 7 nitrogen and oxygen atoms in total. The van der Waals surface area contributed by atoms with Crippen LogP contribution in [0.25, 0.3) is 11.1 Å². The van der Waals surface area contributed by atoms with Crippen LogP contribution in [-0.2, 0) is 0 Å². The monoisotopic (exact) mass is 346 g/mol. The Balaban J connectivity index is 1.98. The van der Waals surface area contributed by atoms with Crippen LogP contribution in [0.5, 0.6) is 0 Å². The molecule has 0 radical (unpaired) electrons. The van der Waals surface area contributed by atoms with Gasteiger partial charge < -0.3 is 14.9 Å². The topological polar surface area (TPSA) is 101 Å². The Bertz CT molecular complexity index is 900. The van der Waals surface area contributed by atoms with Gasteiger partial charge in [-0.15, -0.1) is 11.3 Å². The minimum atomic E-state index is -0.780. The summed E-state index contributed by atoms with van der Waals surface area (Å²) in [5.41, 5.74) is 2.65. The van der Waals surface area contributed by atoms with Gasteiger partial charge >= 0.3 is 0 Å². The van der Waals surface area contributed by atoms with Crippen LogP contribution in [-0.4, -0.2) is 32.2 Å². The smallest absolute Gasteiger partial charge is 0.258 e. The third-order valence-corrected chi connectivity index (χ3v) is 4.51. The summed E-state index contributed by atoms with van der Waals surface area (Å²) in [6, 6.07) is 1.10. The number of aromatic nitrogens is 3. The molecule has 0 spiro atoms. The minimum Gasteiger partial charge on any atom is -0.391 e. The lowest BCUT2D eigenvalue weighted by Gasteiger charge is -2.20. The summed E-state index contributed by atoms with van der Waals surface area (Å²) >= 11 is 1.47. The maximum absolute atomic E-state index is 12.8. The first-order valence-electron chi connectivity index (χ1n) is 7.51. The molecule has 0 aliphatic carbocycles. The normalized spacial score (nSPS) is 13.9. The number of hydrogen-bond acceptors (Lipinski definition) is 7. The number of carbonyl (C=O) groups excluding carboxylic acids is 1. The fourth-order valence-corrected chi connectivity index (χ4v) is 3.23. The molecule has 2 unspecified atom stereocenters. The van der Waals surface area contributed by atoms with Gasteiger partial charge in [0.05, 0.1) is 39.5 Å². The van der Waals surface area contributed by atoms with Gasteiger partial charge in [0.25, 0.3) is 11.6 Å². The molecular weight excluding hydrogens is 328 g/mol. The zero-order chi connectivity index (χ0) is 17.4. The van der Waals surface area contributed by atoms with Crippen molar-refractivity contribution in [2.45, 2.75) is 39.8 Å². The predicted octanol–water partition coefficient (Wildman–Crippen LogP) is 2.46. The van der Waals surface area contributed by atoms with Crippen LogP contribution >= 0.6 is 11.3 Å². The minimum absolute atomic E-state index is 0.326. The third kappa shape index (κ3) is 3.02. The van der Waals surface area contributed by atoms with Crippen LogP contribution in [0.3, 0.4) is 0 Å². The van der Waals surface area contributed by atoms with E-state index >= 15 is 0 Å². The Hall–Kier alpha value is -2.32. The van der Waals surface area contributed by atoms with Gasteiger partial charge in [-0.2, -0.15) is 0 Å². The second-order valence-corrected chi connectivity index (χ2v) is 6.80. The van der Waals surface area contributed by atoms with E-state index in [1.165, 1.54) is 11.3 Å². The molecule has 0 bridgehead atoms. The van der Waals surface area contributed by atoms with Crippen molar-refractivity contribution in [3.63, 3.8) is 0 Å². The summed E-state index contributed by atoms with van der Waals surface area (Å²) in [5.74, 6) is -0.326. The van der Waals surface area contributed by atoms with Gasteiger partial charge in [0.15, 0.2) is 0 Å². The Morgan fingerprint density at radius 3 is 2.71 bits per heavy atom. The number of aryl methyl sites for hydroxylation is 3. The van der Waals surface area contributed by atoms with E-state index in [1.807, 2.05) is 12.3 Å². The van der Waals surface area contributed by atoms with E-state index in [0.717, 1.165) is 5.01 Å². The SMILES string of the molecule is Cc1cc(C(=O)NC(c2csc(C)n2)C(C)O)c2c(C)noc2n1. The number of amides is 1. The van der Waals surface area contributed by atoms with E-state index in [2.05, 4.69) is 20.4 Å². The summed E-state index contributed by atoms with van der Waals surface area (Å²) in [5, 5.41) is 20.1. The second-order valence-electron chi connectivity index (χ2n) is 5.74. The molecule has 0 saturated heterocycles. The first-order valence-corrected chi connectivity index (χ1v) is 8.39. The van der Waals surface area contributed by atoms with Crippen molar-refractivity contribution in [3.05, 3.63) is 39.1 Å². The molecule has 8 heteroatoms. The quantitative estimate of drug-likeness (QED) is 0.752. The number of rotatable bonds is 4. The number of aliphatic hydroxyl groups excluding tert-OH is 1. The second kappa shape index (κ2) is 6.29. The number of thiazole rings is 1. The molecule has 2 N–H and O–H groups in total. The number of pyridine rings is 1. The van der Waals surface area contributed by atoms with Gasteiger partial charge in [-0.1, -0.05) is 5.16 Å². The van der Waals surface area contributed by atoms with Crippen LogP contribution in [0, 0.1) is 20.8 Å². The van der Waals surface area contributed by atoms with Gasteiger partial charge in [0, 0.05) is 11.1 Å². The zero-order valence-electron chi connectivity index (χ0n) is 13.8. The molecular formula is C16H18N4O3S. The molecule has 0 saturated carbocycles. The lowest BCUT2D eigenvalue weighted by Crippen LogP contribution is -2.35. The van der Waals surface area contributed by atoms with Crippen LogP contribution < -0.4 is 5.32 Å². The fraction of sp³-hybridized carbons (Fsp3) is 0.375. The van der Waals surface area contributed by atoms with Crippen LogP contribution in [0.4, 0.5) is 0 Å². The van der Waals surface area contributed by atoms with Gasteiger partial charge in [0.1, 0.15) is 0 Å². The molecule has 3 aromatic heterocycles. The van der Waals surface area contributed by atoms with Crippen molar-refractivity contribution in [1.29, 1.82) is 0 Å². The molecule has 1 amide bonds. The molecule has 24 heavy (non-hydrogen) atoms. The molecule has 3 rings (SSSR count). The van der Waals surface area contributed by atoms with Gasteiger partial charge in [0.2, 0.25) is 0 Å². The summed E-state index contributed by atoms with van der Waals surface area (Å²) in [7, 11) is 0. The van der Waals surface area contributed by atoms with Crippen molar-refractivity contribution < 1.29 is 14.4 Å². The molecule has 3 aromatic rings. The third-order valence-electron chi connectivity index (χ3n) is 3.71. The average molecular weight is 346 g/mol.